The van der Waals surface area contributed by atoms with E-state index in [-0.39, 0.29) is 16.6 Å². The fraction of sp³-hybridized carbons (Fsp3) is 0.400. The predicted octanol–water partition coefficient (Wildman–Crippen LogP) is 4.65. The summed E-state index contributed by atoms with van der Waals surface area (Å²) in [4.78, 5) is 0. The molecule has 0 aliphatic heterocycles. The Morgan fingerprint density at radius 2 is 1.59 bits per heavy atom. The topological polar surface area (TPSA) is 40.5 Å². The fourth-order valence-electron chi connectivity index (χ4n) is 4.33. The second-order valence-electron chi connectivity index (χ2n) is 7.28. The zero-order valence-corrected chi connectivity index (χ0v) is 13.8. The summed E-state index contributed by atoms with van der Waals surface area (Å²) in [6.07, 6.45) is 1.81. The molecule has 2 N–H and O–H groups in total. The monoisotopic (exact) mass is 296 g/mol. The molecule has 0 aromatic heterocycles. The maximum atomic E-state index is 10.3. The molecule has 22 heavy (non-hydrogen) atoms. The summed E-state index contributed by atoms with van der Waals surface area (Å²) in [7, 11) is 0. The van der Waals surface area contributed by atoms with Crippen molar-refractivity contribution in [3.8, 4) is 11.5 Å². The molecule has 0 bridgehead atoms. The van der Waals surface area contributed by atoms with E-state index >= 15 is 0 Å². The molecule has 116 valence electrons. The van der Waals surface area contributed by atoms with Crippen molar-refractivity contribution in [2.24, 2.45) is 0 Å². The zero-order chi connectivity index (χ0) is 16.1. The predicted molar refractivity (Wildman–Crippen MR) is 89.7 cm³/mol. The van der Waals surface area contributed by atoms with Gasteiger partial charge >= 0.3 is 0 Å². The molecular formula is C20H24O2. The van der Waals surface area contributed by atoms with Crippen molar-refractivity contribution in [2.75, 3.05) is 0 Å². The molecule has 2 aromatic carbocycles. The van der Waals surface area contributed by atoms with Crippen molar-refractivity contribution in [3.05, 3.63) is 58.7 Å². The first-order valence-corrected chi connectivity index (χ1v) is 7.95. The van der Waals surface area contributed by atoms with E-state index in [2.05, 4.69) is 33.8 Å². The van der Waals surface area contributed by atoms with Gasteiger partial charge in [-0.25, -0.2) is 0 Å². The van der Waals surface area contributed by atoms with Crippen LogP contribution in [0, 0.1) is 0 Å². The Kier molecular flexibility index (Phi) is 3.24. The number of phenols is 2. The highest BCUT2D eigenvalue weighted by Gasteiger charge is 2.47. The van der Waals surface area contributed by atoms with Crippen LogP contribution in [0.15, 0.2) is 36.4 Å². The summed E-state index contributed by atoms with van der Waals surface area (Å²) in [5.74, 6) is 0.681. The average Bonchev–Trinajstić information content (AvgIpc) is 2.67. The Balaban J connectivity index is 2.30. The molecule has 0 fully saturated rings. The van der Waals surface area contributed by atoms with Gasteiger partial charge in [0.2, 0.25) is 0 Å². The maximum Gasteiger partial charge on any atom is 0.119 e. The summed E-state index contributed by atoms with van der Waals surface area (Å²) in [5.41, 5.74) is 4.77. The molecule has 3 rings (SSSR count). The molecule has 2 heteroatoms. The Hall–Kier alpha value is -1.96. The number of rotatable bonds is 2. The quantitative estimate of drug-likeness (QED) is 0.847. The van der Waals surface area contributed by atoms with Crippen molar-refractivity contribution in [1.82, 2.24) is 0 Å². The summed E-state index contributed by atoms with van der Waals surface area (Å²) < 4.78 is 0. The first-order chi connectivity index (χ1) is 10.3. The molecule has 0 radical (unpaired) electrons. The van der Waals surface area contributed by atoms with E-state index in [0.717, 1.165) is 18.4 Å². The Morgan fingerprint density at radius 3 is 2.18 bits per heavy atom. The van der Waals surface area contributed by atoms with Gasteiger partial charge in [-0.2, -0.15) is 0 Å². The minimum absolute atomic E-state index is 0.0690. The van der Waals surface area contributed by atoms with Gasteiger partial charge in [-0.1, -0.05) is 45.9 Å². The number of fused-ring (bicyclic) bond motifs is 1. The molecule has 1 atom stereocenters. The minimum Gasteiger partial charge on any atom is -0.508 e. The molecular weight excluding hydrogens is 272 g/mol. The highest BCUT2D eigenvalue weighted by molar-refractivity contribution is 5.59. The summed E-state index contributed by atoms with van der Waals surface area (Å²) in [5, 5.41) is 19.9. The van der Waals surface area contributed by atoms with E-state index in [1.54, 1.807) is 12.1 Å². The molecule has 0 saturated carbocycles. The Labute approximate surface area is 132 Å². The third kappa shape index (κ3) is 2.01. The van der Waals surface area contributed by atoms with E-state index in [1.807, 2.05) is 18.2 Å². The second-order valence-corrected chi connectivity index (χ2v) is 7.28. The van der Waals surface area contributed by atoms with Crippen LogP contribution in [0.5, 0.6) is 11.5 Å². The normalized spacial score (nSPS) is 22.5. The summed E-state index contributed by atoms with van der Waals surface area (Å²) >= 11 is 0. The third-order valence-electron chi connectivity index (χ3n) is 5.22. The molecule has 0 amide bonds. The van der Waals surface area contributed by atoms with E-state index in [4.69, 9.17) is 0 Å². The molecule has 2 aromatic rings. The number of phenolic OH excluding ortho intramolecular Hbond substituents is 2. The zero-order valence-electron chi connectivity index (χ0n) is 13.8. The van der Waals surface area contributed by atoms with Gasteiger partial charge in [-0.3, -0.25) is 0 Å². The lowest BCUT2D eigenvalue weighted by Gasteiger charge is -2.30. The van der Waals surface area contributed by atoms with E-state index in [1.165, 1.54) is 16.7 Å². The van der Waals surface area contributed by atoms with Gasteiger partial charge in [0.1, 0.15) is 11.5 Å². The van der Waals surface area contributed by atoms with Crippen LogP contribution in [0.4, 0.5) is 0 Å². The van der Waals surface area contributed by atoms with Crippen molar-refractivity contribution < 1.29 is 10.2 Å². The van der Waals surface area contributed by atoms with Crippen LogP contribution in [0.2, 0.25) is 0 Å². The molecule has 0 spiro atoms. The lowest BCUT2D eigenvalue weighted by Crippen LogP contribution is -2.24. The van der Waals surface area contributed by atoms with Gasteiger partial charge < -0.3 is 10.2 Å². The second kappa shape index (κ2) is 4.77. The molecule has 0 heterocycles. The number of hydrogen-bond donors (Lipinski definition) is 2. The Morgan fingerprint density at radius 1 is 0.955 bits per heavy atom. The van der Waals surface area contributed by atoms with Gasteiger partial charge in [0, 0.05) is 5.41 Å². The Bertz CT molecular complexity index is 713. The van der Waals surface area contributed by atoms with Crippen LogP contribution < -0.4 is 0 Å². The number of hydrogen-bond acceptors (Lipinski definition) is 2. The first-order valence-electron chi connectivity index (χ1n) is 7.95. The molecule has 1 aliphatic rings. The SMILES string of the molecule is CCc1c(O)ccc2c1C(C)(c1ccc(O)cc1)CC2(C)C. The largest absolute Gasteiger partial charge is 0.508 e. The van der Waals surface area contributed by atoms with Crippen LogP contribution in [0.25, 0.3) is 0 Å². The fourth-order valence-corrected chi connectivity index (χ4v) is 4.33. The van der Waals surface area contributed by atoms with E-state index < -0.39 is 0 Å². The van der Waals surface area contributed by atoms with Crippen LogP contribution >= 0.6 is 0 Å². The lowest BCUT2D eigenvalue weighted by molar-refractivity contribution is 0.422. The van der Waals surface area contributed by atoms with E-state index in [0.29, 0.717) is 5.75 Å². The highest BCUT2D eigenvalue weighted by atomic mass is 16.3. The molecule has 1 aliphatic carbocycles. The van der Waals surface area contributed by atoms with Crippen LogP contribution in [-0.2, 0) is 17.3 Å². The lowest BCUT2D eigenvalue weighted by atomic mass is 9.73. The molecule has 2 nitrogen and oxygen atoms in total. The van der Waals surface area contributed by atoms with Crippen molar-refractivity contribution in [2.45, 2.75) is 51.4 Å². The first kappa shape index (κ1) is 15.0. The summed E-state index contributed by atoms with van der Waals surface area (Å²) in [6.45, 7) is 8.89. The van der Waals surface area contributed by atoms with Gasteiger partial charge in [0.25, 0.3) is 0 Å². The molecule has 1 unspecified atom stereocenters. The van der Waals surface area contributed by atoms with Gasteiger partial charge in [-0.15, -0.1) is 0 Å². The van der Waals surface area contributed by atoms with Gasteiger partial charge in [0.05, 0.1) is 0 Å². The van der Waals surface area contributed by atoms with Gasteiger partial charge in [0.15, 0.2) is 0 Å². The number of aromatic hydroxyl groups is 2. The standard InChI is InChI=1S/C20H24O2/c1-5-15-17(22)11-10-16-18(15)20(4,12-19(16,2)3)13-6-8-14(21)9-7-13/h6-11,21-22H,5,12H2,1-4H3. The minimum atomic E-state index is -0.142. The maximum absolute atomic E-state index is 10.3. The average molecular weight is 296 g/mol. The third-order valence-corrected chi connectivity index (χ3v) is 5.22. The number of benzene rings is 2. The highest BCUT2D eigenvalue weighted by Crippen LogP contribution is 2.55. The summed E-state index contributed by atoms with van der Waals surface area (Å²) in [6, 6.07) is 11.4. The smallest absolute Gasteiger partial charge is 0.119 e. The van der Waals surface area contributed by atoms with E-state index in [9.17, 15) is 10.2 Å². The van der Waals surface area contributed by atoms with Crippen molar-refractivity contribution in [1.29, 1.82) is 0 Å². The van der Waals surface area contributed by atoms with Gasteiger partial charge in [-0.05, 0) is 58.7 Å². The van der Waals surface area contributed by atoms with Crippen LogP contribution in [0.3, 0.4) is 0 Å². The van der Waals surface area contributed by atoms with Crippen molar-refractivity contribution >= 4 is 0 Å². The van der Waals surface area contributed by atoms with Crippen LogP contribution in [0.1, 0.15) is 56.4 Å². The van der Waals surface area contributed by atoms with Crippen LogP contribution in [-0.4, -0.2) is 10.2 Å². The molecule has 0 saturated heterocycles. The van der Waals surface area contributed by atoms with Crippen molar-refractivity contribution in [3.63, 3.8) is 0 Å².